The lowest BCUT2D eigenvalue weighted by molar-refractivity contribution is 0.631. The maximum Gasteiger partial charge on any atom is 0.257 e. The third-order valence-corrected chi connectivity index (χ3v) is 5.71. The Balaban J connectivity index is 1.81. The molecule has 2 heterocycles. The van der Waals surface area contributed by atoms with Crippen molar-refractivity contribution in [2.75, 3.05) is 16.8 Å². The molecule has 3 aromatic rings. The van der Waals surface area contributed by atoms with Crippen LogP contribution in [0.3, 0.4) is 0 Å². The number of nitrogens with zero attached hydrogens (tertiary/aromatic N) is 3. The van der Waals surface area contributed by atoms with Gasteiger partial charge in [-0.1, -0.05) is 30.3 Å². The summed E-state index contributed by atoms with van der Waals surface area (Å²) in [5.74, 6) is 0.00256. The van der Waals surface area contributed by atoms with Crippen LogP contribution in [0.25, 0.3) is 0 Å². The summed E-state index contributed by atoms with van der Waals surface area (Å²) in [6.07, 6.45) is 0. The number of rotatable bonds is 5. The largest absolute Gasteiger partial charge is 0.351 e. The molecule has 0 amide bonds. The Kier molecular flexibility index (Phi) is 5.35. The van der Waals surface area contributed by atoms with E-state index >= 15 is 0 Å². The van der Waals surface area contributed by atoms with E-state index in [-0.39, 0.29) is 22.6 Å². The molecule has 0 saturated carbocycles. The summed E-state index contributed by atoms with van der Waals surface area (Å²) in [5.41, 5.74) is 1.74. The molecular weight excluding hydrogens is 486 g/mol. The number of halogens is 2. The molecule has 6 nitrogen and oxygen atoms in total. The minimum absolute atomic E-state index is 0.119. The average molecular weight is 504 g/mol. The summed E-state index contributed by atoms with van der Waals surface area (Å²) >= 11 is 2.02. The second-order valence-electron chi connectivity index (χ2n) is 6.88. The lowest BCUT2D eigenvalue weighted by Gasteiger charge is -2.22. The number of benzene rings is 2. The van der Waals surface area contributed by atoms with Gasteiger partial charge in [0.2, 0.25) is 0 Å². The maximum absolute atomic E-state index is 14.4. The van der Waals surface area contributed by atoms with Crippen LogP contribution in [0.4, 0.5) is 27.3 Å². The molecule has 0 aliphatic carbocycles. The molecule has 1 aliphatic rings. The molecule has 0 fully saturated rings. The van der Waals surface area contributed by atoms with E-state index in [2.05, 4.69) is 10.5 Å². The first-order valence-electron chi connectivity index (χ1n) is 9.11. The van der Waals surface area contributed by atoms with Crippen LogP contribution in [-0.2, 0) is 13.1 Å². The lowest BCUT2D eigenvalue weighted by Crippen LogP contribution is -2.23. The van der Waals surface area contributed by atoms with Crippen molar-refractivity contribution in [2.45, 2.75) is 20.0 Å². The molecule has 0 saturated heterocycles. The van der Waals surface area contributed by atoms with Gasteiger partial charge >= 0.3 is 0 Å². The number of hydrogen-bond donors (Lipinski definition) is 1. The van der Waals surface area contributed by atoms with Gasteiger partial charge in [0.1, 0.15) is 11.6 Å². The first kappa shape index (κ1) is 19.6. The molecule has 8 heteroatoms. The number of aromatic nitrogens is 1. The van der Waals surface area contributed by atoms with Crippen molar-refractivity contribution in [3.05, 3.63) is 84.3 Å². The van der Waals surface area contributed by atoms with Crippen LogP contribution in [0.5, 0.6) is 0 Å². The van der Waals surface area contributed by atoms with Crippen molar-refractivity contribution in [2.24, 2.45) is 5.18 Å². The molecule has 1 N–H and O–H groups in total. The quantitative estimate of drug-likeness (QED) is 0.390. The van der Waals surface area contributed by atoms with E-state index in [1.54, 1.807) is 23.6 Å². The van der Waals surface area contributed by atoms with Crippen LogP contribution in [-0.4, -0.2) is 11.1 Å². The van der Waals surface area contributed by atoms with Crippen molar-refractivity contribution in [1.29, 1.82) is 0 Å². The number of hydrogen-bond acceptors (Lipinski definition) is 5. The Morgan fingerprint density at radius 3 is 2.62 bits per heavy atom. The highest BCUT2D eigenvalue weighted by Gasteiger charge is 2.29. The van der Waals surface area contributed by atoms with Gasteiger partial charge in [0.05, 0.1) is 11.4 Å². The van der Waals surface area contributed by atoms with Gasteiger partial charge in [0.25, 0.3) is 5.56 Å². The van der Waals surface area contributed by atoms with Gasteiger partial charge in [0.15, 0.2) is 5.69 Å². The van der Waals surface area contributed by atoms with E-state index in [0.717, 1.165) is 9.13 Å². The predicted molar refractivity (Wildman–Crippen MR) is 121 cm³/mol. The number of nitroso groups, excluding NO2 is 1. The van der Waals surface area contributed by atoms with E-state index in [1.807, 2.05) is 57.8 Å². The fraction of sp³-hybridized carbons (Fsp3) is 0.190. The van der Waals surface area contributed by atoms with E-state index in [9.17, 15) is 14.1 Å². The van der Waals surface area contributed by atoms with Crippen LogP contribution in [0, 0.1) is 21.2 Å². The maximum atomic E-state index is 14.4. The van der Waals surface area contributed by atoms with Crippen LogP contribution in [0.2, 0.25) is 0 Å². The SMILES string of the molecule is Cc1c(Nc2ccc(I)cc2F)c(N=O)c2n(c1=O)CCN2Cc1ccccc1. The molecule has 0 spiro atoms. The minimum atomic E-state index is -0.463. The molecule has 148 valence electrons. The Labute approximate surface area is 180 Å². The minimum Gasteiger partial charge on any atom is -0.351 e. The molecule has 0 unspecified atom stereocenters. The topological polar surface area (TPSA) is 66.7 Å². The molecule has 2 aromatic carbocycles. The van der Waals surface area contributed by atoms with Gasteiger partial charge in [-0.15, -0.1) is 4.91 Å². The summed E-state index contributed by atoms with van der Waals surface area (Å²) in [6, 6.07) is 14.5. The zero-order valence-electron chi connectivity index (χ0n) is 15.7. The number of pyridine rings is 1. The molecule has 4 rings (SSSR count). The molecule has 1 aromatic heterocycles. The predicted octanol–water partition coefficient (Wildman–Crippen LogP) is 5.06. The van der Waals surface area contributed by atoms with E-state index in [0.29, 0.717) is 31.0 Å². The van der Waals surface area contributed by atoms with Gasteiger partial charge in [-0.25, -0.2) is 4.39 Å². The Hall–Kier alpha value is -2.75. The lowest BCUT2D eigenvalue weighted by atomic mass is 10.1. The third-order valence-electron chi connectivity index (χ3n) is 5.04. The summed E-state index contributed by atoms with van der Waals surface area (Å²) in [4.78, 5) is 26.7. The van der Waals surface area contributed by atoms with Gasteiger partial charge in [-0.2, -0.15) is 0 Å². The second kappa shape index (κ2) is 7.94. The highest BCUT2D eigenvalue weighted by Crippen LogP contribution is 2.41. The average Bonchev–Trinajstić information content (AvgIpc) is 3.12. The van der Waals surface area contributed by atoms with Crippen LogP contribution >= 0.6 is 22.6 Å². The molecular formula is C21H18FIN4O2. The van der Waals surface area contributed by atoms with Gasteiger partial charge in [-0.3, -0.25) is 9.36 Å². The molecule has 0 radical (unpaired) electrons. The van der Waals surface area contributed by atoms with E-state index in [4.69, 9.17) is 0 Å². The zero-order chi connectivity index (χ0) is 20.5. The second-order valence-corrected chi connectivity index (χ2v) is 8.12. The summed E-state index contributed by atoms with van der Waals surface area (Å²) in [7, 11) is 0. The summed E-state index contributed by atoms with van der Waals surface area (Å²) < 4.78 is 16.7. The number of nitrogens with one attached hydrogen (secondary N) is 1. The molecule has 29 heavy (non-hydrogen) atoms. The van der Waals surface area contributed by atoms with Crippen molar-refractivity contribution in [3.8, 4) is 0 Å². The number of fused-ring (bicyclic) bond motifs is 1. The van der Waals surface area contributed by atoms with Crippen molar-refractivity contribution in [1.82, 2.24) is 4.57 Å². The highest BCUT2D eigenvalue weighted by atomic mass is 127. The molecule has 0 atom stereocenters. The van der Waals surface area contributed by atoms with Crippen molar-refractivity contribution >= 4 is 45.5 Å². The summed E-state index contributed by atoms with van der Waals surface area (Å²) in [5, 5.41) is 6.17. The Morgan fingerprint density at radius 2 is 1.93 bits per heavy atom. The highest BCUT2D eigenvalue weighted by molar-refractivity contribution is 14.1. The van der Waals surface area contributed by atoms with Crippen LogP contribution in [0.15, 0.2) is 58.5 Å². The Bertz CT molecular complexity index is 1150. The smallest absolute Gasteiger partial charge is 0.257 e. The normalized spacial score (nSPS) is 12.7. The van der Waals surface area contributed by atoms with E-state index < -0.39 is 5.82 Å². The standard InChI is InChI=1S/C21H18FIN4O2/c1-13-18(24-17-8-7-15(23)11-16(17)22)19(25-29)20-26(9-10-27(20)21(13)28)12-14-5-3-2-4-6-14/h2-8,11,24H,9-10,12H2,1H3. The van der Waals surface area contributed by atoms with Crippen LogP contribution in [0.1, 0.15) is 11.1 Å². The zero-order valence-corrected chi connectivity index (χ0v) is 17.8. The first-order valence-corrected chi connectivity index (χ1v) is 10.2. The van der Waals surface area contributed by atoms with Gasteiger partial charge in [-0.05, 0) is 58.5 Å². The van der Waals surface area contributed by atoms with Crippen molar-refractivity contribution < 1.29 is 4.39 Å². The number of anilines is 3. The fourth-order valence-corrected chi connectivity index (χ4v) is 4.05. The summed E-state index contributed by atoms with van der Waals surface area (Å²) in [6.45, 7) is 3.23. The fourth-order valence-electron chi connectivity index (χ4n) is 3.60. The Morgan fingerprint density at radius 1 is 1.17 bits per heavy atom. The monoisotopic (exact) mass is 504 g/mol. The van der Waals surface area contributed by atoms with Gasteiger partial charge < -0.3 is 10.2 Å². The van der Waals surface area contributed by atoms with Crippen molar-refractivity contribution in [3.63, 3.8) is 0 Å². The molecule has 0 bridgehead atoms. The van der Waals surface area contributed by atoms with Gasteiger partial charge in [0, 0.05) is 28.8 Å². The van der Waals surface area contributed by atoms with Crippen LogP contribution < -0.4 is 15.8 Å². The first-order chi connectivity index (χ1) is 14.0. The molecule has 1 aliphatic heterocycles. The van der Waals surface area contributed by atoms with E-state index in [1.165, 1.54) is 6.07 Å². The third kappa shape index (κ3) is 3.64.